The maximum Gasteiger partial charge on any atom is 0.163 e. The molecule has 0 bridgehead atoms. The van der Waals surface area contributed by atoms with Crippen LogP contribution < -0.4 is 0 Å². The van der Waals surface area contributed by atoms with Gasteiger partial charge in [-0.05, 0) is 42.7 Å². The van der Waals surface area contributed by atoms with Crippen molar-refractivity contribution >= 4 is 16.6 Å². The number of nitrogens with one attached hydrogen (secondary N) is 1. The molecule has 126 valence electrons. The lowest BCUT2D eigenvalue weighted by Gasteiger charge is -2.41. The van der Waals surface area contributed by atoms with Crippen LogP contribution in [0.1, 0.15) is 16.8 Å². The standard InChI is InChI=1S/C21H20N2O2/c1-12-3-4-13-14-9-10-23-17-7-8-19(25-2)21(24)15(17)5-6-18(23)20(14)22-16(13)11-12/h3-8,11,17,22,24H,9-10H2,1-2H3. The number of aromatic nitrogens is 1. The highest BCUT2D eigenvalue weighted by atomic mass is 16.5. The number of hydrogen-bond acceptors (Lipinski definition) is 3. The van der Waals surface area contributed by atoms with Crippen molar-refractivity contribution in [2.24, 2.45) is 0 Å². The highest BCUT2D eigenvalue weighted by Crippen LogP contribution is 2.41. The summed E-state index contributed by atoms with van der Waals surface area (Å²) in [5, 5.41) is 11.8. The number of benzene rings is 1. The molecule has 1 aromatic heterocycles. The lowest BCUT2D eigenvalue weighted by Crippen LogP contribution is -2.41. The van der Waals surface area contributed by atoms with Crippen molar-refractivity contribution in [3.8, 4) is 0 Å². The molecule has 1 aromatic carbocycles. The Kier molecular flexibility index (Phi) is 2.93. The number of allylic oxidation sites excluding steroid dienone is 3. The van der Waals surface area contributed by atoms with Gasteiger partial charge in [-0.2, -0.15) is 0 Å². The lowest BCUT2D eigenvalue weighted by molar-refractivity contribution is 0.257. The van der Waals surface area contributed by atoms with Crippen molar-refractivity contribution in [2.45, 2.75) is 19.4 Å². The van der Waals surface area contributed by atoms with Crippen molar-refractivity contribution in [3.05, 3.63) is 76.4 Å². The quantitative estimate of drug-likeness (QED) is 0.831. The molecule has 1 atom stereocenters. The molecular weight excluding hydrogens is 312 g/mol. The van der Waals surface area contributed by atoms with Crippen LogP contribution in [0.5, 0.6) is 0 Å². The monoisotopic (exact) mass is 332 g/mol. The van der Waals surface area contributed by atoms with Crippen LogP contribution in [-0.2, 0) is 11.2 Å². The van der Waals surface area contributed by atoms with Crippen molar-refractivity contribution in [1.29, 1.82) is 0 Å². The Balaban J connectivity index is 1.67. The minimum absolute atomic E-state index is 0.0557. The highest BCUT2D eigenvalue weighted by Gasteiger charge is 2.35. The molecule has 0 saturated heterocycles. The van der Waals surface area contributed by atoms with Crippen LogP contribution in [0.4, 0.5) is 0 Å². The number of H-pyrrole nitrogens is 1. The van der Waals surface area contributed by atoms with E-state index < -0.39 is 0 Å². The Morgan fingerprint density at radius 3 is 3.00 bits per heavy atom. The fourth-order valence-corrected chi connectivity index (χ4v) is 4.24. The van der Waals surface area contributed by atoms with Crippen LogP contribution >= 0.6 is 0 Å². The number of methoxy groups -OCH3 is 1. The normalized spacial score (nSPS) is 21.5. The molecule has 1 aliphatic carbocycles. The van der Waals surface area contributed by atoms with Crippen LogP contribution in [0, 0.1) is 6.92 Å². The molecular formula is C21H20N2O2. The van der Waals surface area contributed by atoms with Gasteiger partial charge in [-0.25, -0.2) is 0 Å². The molecule has 2 N–H and O–H groups in total. The van der Waals surface area contributed by atoms with Gasteiger partial charge in [0.15, 0.2) is 11.5 Å². The fraction of sp³-hybridized carbons (Fsp3) is 0.238. The van der Waals surface area contributed by atoms with Gasteiger partial charge in [-0.15, -0.1) is 0 Å². The second-order valence-electron chi connectivity index (χ2n) is 6.87. The maximum absolute atomic E-state index is 10.5. The first kappa shape index (κ1) is 14.5. The first-order valence-electron chi connectivity index (χ1n) is 8.63. The number of aryl methyl sites for hydroxylation is 1. The number of aliphatic hydroxyl groups is 1. The van der Waals surface area contributed by atoms with Gasteiger partial charge < -0.3 is 19.7 Å². The van der Waals surface area contributed by atoms with Crippen molar-refractivity contribution < 1.29 is 9.84 Å². The van der Waals surface area contributed by atoms with Gasteiger partial charge in [-0.1, -0.05) is 24.3 Å². The molecule has 3 heterocycles. The van der Waals surface area contributed by atoms with Gasteiger partial charge in [-0.3, -0.25) is 0 Å². The minimum Gasteiger partial charge on any atom is -0.504 e. The predicted octanol–water partition coefficient (Wildman–Crippen LogP) is 3.97. The van der Waals surface area contributed by atoms with E-state index in [0.29, 0.717) is 5.76 Å². The van der Waals surface area contributed by atoms with Gasteiger partial charge >= 0.3 is 0 Å². The van der Waals surface area contributed by atoms with E-state index >= 15 is 0 Å². The van der Waals surface area contributed by atoms with Crippen LogP contribution in [-0.4, -0.2) is 34.7 Å². The Bertz CT molecular complexity index is 1020. The second-order valence-corrected chi connectivity index (χ2v) is 6.87. The molecule has 2 aromatic rings. The second kappa shape index (κ2) is 5.06. The van der Waals surface area contributed by atoms with E-state index in [-0.39, 0.29) is 11.8 Å². The molecule has 4 heteroatoms. The Labute approximate surface area is 146 Å². The van der Waals surface area contributed by atoms with E-state index in [1.165, 1.54) is 33.4 Å². The number of ether oxygens (including phenoxy) is 1. The zero-order valence-corrected chi connectivity index (χ0v) is 14.3. The number of hydrogen-bond donors (Lipinski definition) is 2. The predicted molar refractivity (Wildman–Crippen MR) is 99.1 cm³/mol. The van der Waals surface area contributed by atoms with Crippen LogP contribution in [0.25, 0.3) is 16.6 Å². The molecule has 0 amide bonds. The summed E-state index contributed by atoms with van der Waals surface area (Å²) in [6, 6.07) is 6.66. The van der Waals surface area contributed by atoms with Crippen LogP contribution in [0.15, 0.2) is 59.6 Å². The molecule has 3 aliphatic rings. The third-order valence-corrected chi connectivity index (χ3v) is 5.46. The summed E-state index contributed by atoms with van der Waals surface area (Å²) >= 11 is 0. The summed E-state index contributed by atoms with van der Waals surface area (Å²) in [6.07, 6.45) is 9.09. The lowest BCUT2D eigenvalue weighted by atomic mass is 9.89. The number of aliphatic hydroxyl groups excluding tert-OH is 1. The summed E-state index contributed by atoms with van der Waals surface area (Å²) in [5.74, 6) is 0.765. The van der Waals surface area contributed by atoms with Crippen molar-refractivity contribution in [2.75, 3.05) is 13.7 Å². The molecule has 0 radical (unpaired) electrons. The number of nitrogens with zero attached hydrogens (tertiary/aromatic N) is 1. The largest absolute Gasteiger partial charge is 0.504 e. The van der Waals surface area contributed by atoms with Gasteiger partial charge in [0, 0.05) is 23.0 Å². The van der Waals surface area contributed by atoms with E-state index in [4.69, 9.17) is 4.74 Å². The van der Waals surface area contributed by atoms with E-state index in [1.807, 2.05) is 12.2 Å². The average Bonchev–Trinajstić information content (AvgIpc) is 2.99. The Hall–Kier alpha value is -2.88. The molecule has 5 rings (SSSR count). The smallest absolute Gasteiger partial charge is 0.163 e. The first-order valence-corrected chi connectivity index (χ1v) is 8.63. The summed E-state index contributed by atoms with van der Waals surface area (Å²) in [7, 11) is 1.58. The van der Waals surface area contributed by atoms with Gasteiger partial charge in [0.2, 0.25) is 0 Å². The van der Waals surface area contributed by atoms with Crippen LogP contribution in [0.3, 0.4) is 0 Å². The SMILES string of the molecule is COC1=C(O)C2=CC=C3c4[nH]c5cc(C)ccc5c4CCN3C2C=C1. The molecule has 0 spiro atoms. The highest BCUT2D eigenvalue weighted by molar-refractivity contribution is 5.91. The van der Waals surface area contributed by atoms with Crippen LogP contribution in [0.2, 0.25) is 0 Å². The summed E-state index contributed by atoms with van der Waals surface area (Å²) in [5.41, 5.74) is 7.16. The molecule has 4 nitrogen and oxygen atoms in total. The van der Waals surface area contributed by atoms with E-state index in [2.05, 4.69) is 47.2 Å². The number of aromatic amines is 1. The third-order valence-electron chi connectivity index (χ3n) is 5.46. The molecule has 0 fully saturated rings. The maximum atomic E-state index is 10.5. The van der Waals surface area contributed by atoms with E-state index in [9.17, 15) is 5.11 Å². The number of rotatable bonds is 1. The van der Waals surface area contributed by atoms with E-state index in [1.54, 1.807) is 7.11 Å². The zero-order chi connectivity index (χ0) is 17.1. The fourth-order valence-electron chi connectivity index (χ4n) is 4.24. The van der Waals surface area contributed by atoms with Gasteiger partial charge in [0.05, 0.1) is 24.5 Å². The topological polar surface area (TPSA) is 48.5 Å². The molecule has 25 heavy (non-hydrogen) atoms. The Morgan fingerprint density at radius 1 is 1.28 bits per heavy atom. The zero-order valence-electron chi connectivity index (χ0n) is 14.3. The average molecular weight is 332 g/mol. The molecule has 1 unspecified atom stereocenters. The van der Waals surface area contributed by atoms with Crippen molar-refractivity contribution in [3.63, 3.8) is 0 Å². The molecule has 2 aliphatic heterocycles. The van der Waals surface area contributed by atoms with Gasteiger partial charge in [0.25, 0.3) is 0 Å². The summed E-state index contributed by atoms with van der Waals surface area (Å²) in [6.45, 7) is 3.05. The minimum atomic E-state index is 0.0557. The van der Waals surface area contributed by atoms with Gasteiger partial charge in [0.1, 0.15) is 0 Å². The van der Waals surface area contributed by atoms with Crippen molar-refractivity contribution in [1.82, 2.24) is 9.88 Å². The molecule has 0 saturated carbocycles. The first-order chi connectivity index (χ1) is 12.2. The van der Waals surface area contributed by atoms with E-state index in [0.717, 1.165) is 18.5 Å². The number of fused-ring (bicyclic) bond motifs is 7. The third kappa shape index (κ3) is 1.94. The Morgan fingerprint density at radius 2 is 2.16 bits per heavy atom. The summed E-state index contributed by atoms with van der Waals surface area (Å²) < 4.78 is 5.25. The summed E-state index contributed by atoms with van der Waals surface area (Å²) in [4.78, 5) is 5.98.